The number of carbonyl (C=O) groups excluding carboxylic acids is 1. The van der Waals surface area contributed by atoms with Gasteiger partial charge in [0.1, 0.15) is 5.75 Å². The molecule has 6 nitrogen and oxygen atoms in total. The molecule has 3 rings (SSSR count). The molecule has 1 aromatic rings. The van der Waals surface area contributed by atoms with Crippen molar-refractivity contribution in [1.82, 2.24) is 9.80 Å². The topological polar surface area (TPSA) is 66.9 Å². The van der Waals surface area contributed by atoms with E-state index in [4.69, 9.17) is 0 Å². The minimum absolute atomic E-state index is 0.0273. The lowest BCUT2D eigenvalue weighted by Gasteiger charge is -2.35. The predicted octanol–water partition coefficient (Wildman–Crippen LogP) is 2.98. The highest BCUT2D eigenvalue weighted by Gasteiger charge is 2.31. The Bertz CT molecular complexity index is 813. The van der Waals surface area contributed by atoms with Gasteiger partial charge in [0.15, 0.2) is 9.84 Å². The van der Waals surface area contributed by atoms with E-state index >= 15 is 0 Å². The minimum atomic E-state index is -4.71. The third kappa shape index (κ3) is 6.60. The van der Waals surface area contributed by atoms with Gasteiger partial charge >= 0.3 is 6.36 Å². The van der Waals surface area contributed by atoms with E-state index in [0.717, 1.165) is 18.4 Å². The monoisotopic (exact) mass is 448 g/mol. The zero-order valence-corrected chi connectivity index (χ0v) is 17.6. The van der Waals surface area contributed by atoms with Crippen molar-refractivity contribution in [3.05, 3.63) is 29.8 Å². The van der Waals surface area contributed by atoms with Crippen molar-refractivity contribution < 1.29 is 31.1 Å². The van der Waals surface area contributed by atoms with Gasteiger partial charge < -0.3 is 9.64 Å². The first-order valence-corrected chi connectivity index (χ1v) is 11.9. The van der Waals surface area contributed by atoms with Crippen molar-refractivity contribution in [2.75, 3.05) is 31.9 Å². The Morgan fingerprint density at radius 2 is 1.63 bits per heavy atom. The summed E-state index contributed by atoms with van der Waals surface area (Å²) in [5.41, 5.74) is 0.854. The number of amides is 1. The molecule has 1 aliphatic heterocycles. The van der Waals surface area contributed by atoms with Crippen LogP contribution in [0.25, 0.3) is 0 Å². The van der Waals surface area contributed by atoms with Crippen LogP contribution in [0.15, 0.2) is 24.3 Å². The van der Waals surface area contributed by atoms with E-state index in [9.17, 15) is 26.4 Å². The fourth-order valence-electron chi connectivity index (χ4n) is 4.01. The highest BCUT2D eigenvalue weighted by atomic mass is 32.2. The van der Waals surface area contributed by atoms with Gasteiger partial charge in [-0.1, -0.05) is 25.0 Å². The number of rotatable bonds is 7. The van der Waals surface area contributed by atoms with Gasteiger partial charge in [0.25, 0.3) is 0 Å². The summed E-state index contributed by atoms with van der Waals surface area (Å²) in [7, 11) is -3.20. The Kier molecular flexibility index (Phi) is 7.28. The lowest BCUT2D eigenvalue weighted by molar-refractivity contribution is -0.274. The third-order valence-electron chi connectivity index (χ3n) is 5.70. The SMILES string of the molecule is O=C(CCS(=O)(=O)C1CCCC1)N1CCN(Cc2ccc(OC(F)(F)F)cc2)CC1. The highest BCUT2D eigenvalue weighted by molar-refractivity contribution is 7.92. The van der Waals surface area contributed by atoms with Crippen LogP contribution in [0.4, 0.5) is 13.2 Å². The van der Waals surface area contributed by atoms with Crippen molar-refractivity contribution in [2.24, 2.45) is 0 Å². The molecule has 0 bridgehead atoms. The number of nitrogens with zero attached hydrogens (tertiary/aromatic N) is 2. The van der Waals surface area contributed by atoms with E-state index < -0.39 is 16.2 Å². The van der Waals surface area contributed by atoms with Crippen molar-refractivity contribution in [2.45, 2.75) is 50.3 Å². The van der Waals surface area contributed by atoms with Crippen LogP contribution in [0.5, 0.6) is 5.75 Å². The normalized spacial score (nSPS) is 19.2. The van der Waals surface area contributed by atoms with E-state index in [0.29, 0.717) is 45.6 Å². The van der Waals surface area contributed by atoms with Crippen molar-refractivity contribution in [1.29, 1.82) is 0 Å². The molecule has 0 unspecified atom stereocenters. The van der Waals surface area contributed by atoms with Crippen LogP contribution in [0.2, 0.25) is 0 Å². The summed E-state index contributed by atoms with van der Waals surface area (Å²) in [6.07, 6.45) is -1.38. The molecule has 0 atom stereocenters. The number of halogens is 3. The molecule has 1 aromatic carbocycles. The second-order valence-corrected chi connectivity index (χ2v) is 10.3. The minimum Gasteiger partial charge on any atom is -0.406 e. The summed E-state index contributed by atoms with van der Waals surface area (Å²) in [6, 6.07) is 5.75. The van der Waals surface area contributed by atoms with Gasteiger partial charge in [-0.05, 0) is 30.5 Å². The van der Waals surface area contributed by atoms with Gasteiger partial charge in [-0.25, -0.2) is 8.42 Å². The summed E-state index contributed by atoms with van der Waals surface area (Å²) < 4.78 is 65.2. The van der Waals surface area contributed by atoms with Crippen molar-refractivity contribution in [3.8, 4) is 5.75 Å². The smallest absolute Gasteiger partial charge is 0.406 e. The molecule has 1 amide bonds. The number of carbonyl (C=O) groups is 1. The number of hydrogen-bond donors (Lipinski definition) is 0. The first kappa shape index (κ1) is 22.9. The Morgan fingerprint density at radius 3 is 2.20 bits per heavy atom. The second-order valence-electron chi connectivity index (χ2n) is 7.87. The molecule has 168 valence electrons. The summed E-state index contributed by atoms with van der Waals surface area (Å²) >= 11 is 0. The molecular formula is C20H27F3N2O4S. The van der Waals surface area contributed by atoms with Crippen LogP contribution >= 0.6 is 0 Å². The first-order chi connectivity index (χ1) is 14.1. The first-order valence-electron chi connectivity index (χ1n) is 10.2. The Morgan fingerprint density at radius 1 is 1.03 bits per heavy atom. The van der Waals surface area contributed by atoms with Gasteiger partial charge in [0.2, 0.25) is 5.91 Å². The highest BCUT2D eigenvalue weighted by Crippen LogP contribution is 2.26. The van der Waals surface area contributed by atoms with Crippen LogP contribution in [-0.4, -0.2) is 67.7 Å². The maximum atomic E-state index is 12.4. The zero-order chi connectivity index (χ0) is 21.8. The van der Waals surface area contributed by atoms with Gasteiger partial charge in [-0.15, -0.1) is 13.2 Å². The van der Waals surface area contributed by atoms with E-state index in [1.807, 2.05) is 0 Å². The molecule has 10 heteroatoms. The van der Waals surface area contributed by atoms with Gasteiger partial charge in [-0.2, -0.15) is 0 Å². The van der Waals surface area contributed by atoms with Crippen LogP contribution < -0.4 is 4.74 Å². The lowest BCUT2D eigenvalue weighted by Crippen LogP contribution is -2.48. The van der Waals surface area contributed by atoms with Crippen LogP contribution in [-0.2, 0) is 21.2 Å². The number of ether oxygens (including phenoxy) is 1. The Balaban J connectivity index is 1.41. The molecule has 0 N–H and O–H groups in total. The summed E-state index contributed by atoms with van der Waals surface area (Å²) in [4.78, 5) is 16.2. The fraction of sp³-hybridized carbons (Fsp3) is 0.650. The van der Waals surface area contributed by atoms with Crippen LogP contribution in [0, 0.1) is 0 Å². The van der Waals surface area contributed by atoms with Gasteiger partial charge in [-0.3, -0.25) is 9.69 Å². The van der Waals surface area contributed by atoms with E-state index in [1.54, 1.807) is 17.0 Å². The fourth-order valence-corrected chi connectivity index (χ4v) is 5.86. The van der Waals surface area contributed by atoms with Crippen LogP contribution in [0.1, 0.15) is 37.7 Å². The summed E-state index contributed by atoms with van der Waals surface area (Å²) in [5, 5.41) is -0.282. The molecule has 0 radical (unpaired) electrons. The molecule has 1 saturated carbocycles. The summed E-state index contributed by atoms with van der Waals surface area (Å²) in [6.45, 7) is 2.84. The number of hydrogen-bond acceptors (Lipinski definition) is 5. The molecular weight excluding hydrogens is 421 g/mol. The van der Waals surface area contributed by atoms with E-state index in [2.05, 4.69) is 9.64 Å². The zero-order valence-electron chi connectivity index (χ0n) is 16.7. The number of sulfone groups is 1. The van der Waals surface area contributed by atoms with Crippen molar-refractivity contribution >= 4 is 15.7 Å². The maximum absolute atomic E-state index is 12.4. The predicted molar refractivity (Wildman–Crippen MR) is 106 cm³/mol. The Hall–Kier alpha value is -1.81. The average Bonchev–Trinajstić information content (AvgIpc) is 3.23. The number of alkyl halides is 3. The molecule has 1 heterocycles. The number of benzene rings is 1. The molecule has 2 aliphatic rings. The maximum Gasteiger partial charge on any atom is 0.573 e. The lowest BCUT2D eigenvalue weighted by atomic mass is 10.2. The van der Waals surface area contributed by atoms with Gasteiger partial charge in [0, 0.05) is 39.1 Å². The van der Waals surface area contributed by atoms with Crippen molar-refractivity contribution in [3.63, 3.8) is 0 Å². The molecule has 1 aliphatic carbocycles. The molecule has 1 saturated heterocycles. The molecule has 0 spiro atoms. The van der Waals surface area contributed by atoms with Gasteiger partial charge in [0.05, 0.1) is 11.0 Å². The molecule has 0 aromatic heterocycles. The largest absolute Gasteiger partial charge is 0.573 e. The summed E-state index contributed by atoms with van der Waals surface area (Å²) in [5.74, 6) is -0.470. The van der Waals surface area contributed by atoms with E-state index in [1.165, 1.54) is 12.1 Å². The second kappa shape index (κ2) is 9.55. The number of piperazine rings is 1. The Labute approximate surface area is 174 Å². The van der Waals surface area contributed by atoms with E-state index in [-0.39, 0.29) is 29.1 Å². The quantitative estimate of drug-likeness (QED) is 0.642. The van der Waals surface area contributed by atoms with Crippen LogP contribution in [0.3, 0.4) is 0 Å². The molecule has 30 heavy (non-hydrogen) atoms. The third-order valence-corrected chi connectivity index (χ3v) is 7.96. The standard InChI is InChI=1S/C20H27F3N2O4S/c21-20(22,23)29-17-7-5-16(6-8-17)15-24-10-12-25(13-11-24)19(26)9-14-30(27,28)18-3-1-2-4-18/h5-8,18H,1-4,9-15H2. The average molecular weight is 449 g/mol. The molecule has 2 fully saturated rings.